The molecule has 0 spiro atoms. The second-order valence-electron chi connectivity index (χ2n) is 4.59. The number of carbonyl (C=O) groups excluding carboxylic acids is 1. The summed E-state index contributed by atoms with van der Waals surface area (Å²) < 4.78 is 0. The van der Waals surface area contributed by atoms with E-state index in [1.165, 1.54) is 22.9 Å². The van der Waals surface area contributed by atoms with Crippen molar-refractivity contribution in [2.24, 2.45) is 0 Å². The molecule has 0 saturated carbocycles. The number of aryl methyl sites for hydroxylation is 2. The van der Waals surface area contributed by atoms with Gasteiger partial charge >= 0.3 is 0 Å². The summed E-state index contributed by atoms with van der Waals surface area (Å²) in [7, 11) is 0. The maximum absolute atomic E-state index is 11.9. The average Bonchev–Trinajstić information content (AvgIpc) is 2.43. The van der Waals surface area contributed by atoms with E-state index >= 15 is 0 Å². The Morgan fingerprint density at radius 2 is 1.80 bits per heavy atom. The van der Waals surface area contributed by atoms with Gasteiger partial charge in [-0.1, -0.05) is 17.7 Å². The molecule has 0 aliphatic heterocycles. The molecule has 0 fully saturated rings. The van der Waals surface area contributed by atoms with E-state index in [9.17, 15) is 4.79 Å². The molecular weight excluding hydrogens is 290 g/mol. The van der Waals surface area contributed by atoms with Crippen molar-refractivity contribution < 1.29 is 4.79 Å². The lowest BCUT2D eigenvalue weighted by Gasteiger charge is -2.06. The minimum Gasteiger partial charge on any atom is -0.325 e. The van der Waals surface area contributed by atoms with Gasteiger partial charge in [-0.25, -0.2) is 0 Å². The van der Waals surface area contributed by atoms with Crippen LogP contribution in [0.15, 0.2) is 47.4 Å². The van der Waals surface area contributed by atoms with E-state index < -0.39 is 0 Å². The highest BCUT2D eigenvalue weighted by atomic mass is 35.5. The first-order chi connectivity index (χ1) is 9.54. The van der Waals surface area contributed by atoms with E-state index in [-0.39, 0.29) is 5.91 Å². The normalized spacial score (nSPS) is 10.3. The number of hydrogen-bond acceptors (Lipinski definition) is 2. The number of rotatable bonds is 4. The topological polar surface area (TPSA) is 29.1 Å². The van der Waals surface area contributed by atoms with E-state index in [4.69, 9.17) is 11.6 Å². The summed E-state index contributed by atoms with van der Waals surface area (Å²) in [5.41, 5.74) is 3.27. The Labute approximate surface area is 128 Å². The first-order valence-corrected chi connectivity index (χ1v) is 7.66. The maximum atomic E-state index is 11.9. The smallest absolute Gasteiger partial charge is 0.234 e. The Kier molecular flexibility index (Phi) is 5.10. The molecule has 0 atom stereocenters. The molecule has 20 heavy (non-hydrogen) atoms. The van der Waals surface area contributed by atoms with Crippen molar-refractivity contribution in [2.45, 2.75) is 18.7 Å². The summed E-state index contributed by atoms with van der Waals surface area (Å²) in [5, 5.41) is 3.51. The summed E-state index contributed by atoms with van der Waals surface area (Å²) in [6.45, 7) is 4.16. The summed E-state index contributed by atoms with van der Waals surface area (Å²) in [6, 6.07) is 13.3. The quantitative estimate of drug-likeness (QED) is 0.830. The molecule has 4 heteroatoms. The molecule has 0 bridgehead atoms. The lowest BCUT2D eigenvalue weighted by atomic mass is 10.1. The molecule has 2 rings (SSSR count). The van der Waals surface area contributed by atoms with Crippen LogP contribution in [0.2, 0.25) is 5.02 Å². The van der Waals surface area contributed by atoms with Gasteiger partial charge in [-0.3, -0.25) is 4.79 Å². The number of hydrogen-bond donors (Lipinski definition) is 1. The lowest BCUT2D eigenvalue weighted by Crippen LogP contribution is -2.13. The van der Waals surface area contributed by atoms with Crippen molar-refractivity contribution in [1.29, 1.82) is 0 Å². The Hall–Kier alpha value is -1.45. The number of anilines is 1. The molecule has 0 saturated heterocycles. The van der Waals surface area contributed by atoms with Gasteiger partial charge < -0.3 is 5.32 Å². The summed E-state index contributed by atoms with van der Waals surface area (Å²) >= 11 is 7.34. The van der Waals surface area contributed by atoms with E-state index in [1.807, 2.05) is 6.07 Å². The monoisotopic (exact) mass is 305 g/mol. The third-order valence-corrected chi connectivity index (χ3v) is 4.22. The van der Waals surface area contributed by atoms with Crippen LogP contribution >= 0.6 is 23.4 Å². The maximum Gasteiger partial charge on any atom is 0.234 e. The highest BCUT2D eigenvalue weighted by Gasteiger charge is 2.04. The second kappa shape index (κ2) is 6.82. The van der Waals surface area contributed by atoms with Crippen molar-refractivity contribution in [1.82, 2.24) is 0 Å². The molecule has 0 radical (unpaired) electrons. The molecule has 0 aromatic heterocycles. The summed E-state index contributed by atoms with van der Waals surface area (Å²) in [5.74, 6) is 0.376. The fourth-order valence-corrected chi connectivity index (χ4v) is 2.60. The number of halogens is 1. The molecule has 0 aliphatic rings. The highest BCUT2D eigenvalue weighted by Crippen LogP contribution is 2.21. The van der Waals surface area contributed by atoms with Gasteiger partial charge in [0.1, 0.15) is 0 Å². The first kappa shape index (κ1) is 14.9. The van der Waals surface area contributed by atoms with Crippen LogP contribution < -0.4 is 5.32 Å². The number of benzene rings is 2. The molecule has 0 unspecified atom stereocenters. The van der Waals surface area contributed by atoms with Crippen molar-refractivity contribution in [2.75, 3.05) is 11.1 Å². The molecule has 2 aromatic carbocycles. The Bertz CT molecular complexity index is 610. The predicted octanol–water partition coefficient (Wildman–Crippen LogP) is 4.69. The zero-order chi connectivity index (χ0) is 14.5. The molecule has 0 heterocycles. The fourth-order valence-electron chi connectivity index (χ4n) is 1.68. The average molecular weight is 306 g/mol. The van der Waals surface area contributed by atoms with Gasteiger partial charge in [0.15, 0.2) is 0 Å². The van der Waals surface area contributed by atoms with Crippen LogP contribution in [-0.4, -0.2) is 11.7 Å². The summed E-state index contributed by atoms with van der Waals surface area (Å²) in [4.78, 5) is 13.0. The van der Waals surface area contributed by atoms with Gasteiger partial charge in [0.2, 0.25) is 5.91 Å². The van der Waals surface area contributed by atoms with Crippen molar-refractivity contribution >= 4 is 35.0 Å². The van der Waals surface area contributed by atoms with Crippen LogP contribution in [0.25, 0.3) is 0 Å². The van der Waals surface area contributed by atoms with Gasteiger partial charge in [0, 0.05) is 15.6 Å². The van der Waals surface area contributed by atoms with Gasteiger partial charge in [-0.2, -0.15) is 0 Å². The van der Waals surface area contributed by atoms with E-state index in [2.05, 4.69) is 31.3 Å². The zero-order valence-electron chi connectivity index (χ0n) is 11.4. The van der Waals surface area contributed by atoms with Gasteiger partial charge in [-0.05, 0) is 61.4 Å². The van der Waals surface area contributed by atoms with Crippen molar-refractivity contribution in [3.05, 3.63) is 58.6 Å². The van der Waals surface area contributed by atoms with Gasteiger partial charge in [0.05, 0.1) is 5.75 Å². The number of amides is 1. The van der Waals surface area contributed by atoms with Crippen LogP contribution in [0.1, 0.15) is 11.1 Å². The largest absolute Gasteiger partial charge is 0.325 e. The van der Waals surface area contributed by atoms with Crippen LogP contribution in [0.5, 0.6) is 0 Å². The molecule has 2 aromatic rings. The van der Waals surface area contributed by atoms with Crippen molar-refractivity contribution in [3.8, 4) is 0 Å². The Morgan fingerprint density at radius 1 is 1.10 bits per heavy atom. The standard InChI is InChI=1S/C16H16ClNOS/c1-11-3-8-15(9-12(11)2)20-10-16(19)18-14-6-4-13(17)5-7-14/h3-9H,10H2,1-2H3,(H,18,19). The van der Waals surface area contributed by atoms with E-state index in [1.54, 1.807) is 24.3 Å². The summed E-state index contributed by atoms with van der Waals surface area (Å²) in [6.07, 6.45) is 0. The zero-order valence-corrected chi connectivity index (χ0v) is 13.0. The predicted molar refractivity (Wildman–Crippen MR) is 86.7 cm³/mol. The van der Waals surface area contributed by atoms with Gasteiger partial charge in [-0.15, -0.1) is 11.8 Å². The van der Waals surface area contributed by atoms with Crippen LogP contribution in [0, 0.1) is 13.8 Å². The third-order valence-electron chi connectivity index (χ3n) is 2.98. The number of thioether (sulfide) groups is 1. The fraction of sp³-hybridized carbons (Fsp3) is 0.188. The minimum atomic E-state index is -0.0180. The van der Waals surface area contributed by atoms with Crippen molar-refractivity contribution in [3.63, 3.8) is 0 Å². The molecular formula is C16H16ClNOS. The highest BCUT2D eigenvalue weighted by molar-refractivity contribution is 8.00. The molecule has 2 nitrogen and oxygen atoms in total. The molecule has 0 aliphatic carbocycles. The van der Waals surface area contributed by atoms with Crippen LogP contribution in [0.4, 0.5) is 5.69 Å². The Balaban J connectivity index is 1.88. The van der Waals surface area contributed by atoms with Crippen LogP contribution in [-0.2, 0) is 4.79 Å². The SMILES string of the molecule is Cc1ccc(SCC(=O)Nc2ccc(Cl)cc2)cc1C. The van der Waals surface area contributed by atoms with E-state index in [0.29, 0.717) is 10.8 Å². The number of nitrogens with one attached hydrogen (secondary N) is 1. The van der Waals surface area contributed by atoms with E-state index in [0.717, 1.165) is 10.6 Å². The van der Waals surface area contributed by atoms with Gasteiger partial charge in [0.25, 0.3) is 0 Å². The van der Waals surface area contributed by atoms with Crippen LogP contribution in [0.3, 0.4) is 0 Å². The Morgan fingerprint density at radius 3 is 2.45 bits per heavy atom. The first-order valence-electron chi connectivity index (χ1n) is 6.30. The number of carbonyl (C=O) groups is 1. The second-order valence-corrected chi connectivity index (χ2v) is 6.08. The molecule has 104 valence electrons. The third kappa shape index (κ3) is 4.29. The lowest BCUT2D eigenvalue weighted by molar-refractivity contribution is -0.113. The molecule has 1 amide bonds. The molecule has 1 N–H and O–H groups in total. The minimum absolute atomic E-state index is 0.0180.